The summed E-state index contributed by atoms with van der Waals surface area (Å²) in [6.07, 6.45) is 4.23. The number of hydrogen-bond acceptors (Lipinski definition) is 2. The first-order chi connectivity index (χ1) is 4.77. The Morgan fingerprint density at radius 3 is 3.30 bits per heavy atom. The maximum atomic E-state index is 5.78. The van der Waals surface area contributed by atoms with Crippen LogP contribution >= 0.6 is 0 Å². The van der Waals surface area contributed by atoms with Crippen molar-refractivity contribution in [1.82, 2.24) is 9.78 Å². The Labute approximate surface area is 59.8 Å². The molecule has 1 heterocycles. The van der Waals surface area contributed by atoms with Crippen LogP contribution in [0.1, 0.15) is 23.7 Å². The largest absolute Gasteiger partial charge is 0.323 e. The third-order valence-corrected chi connectivity index (χ3v) is 2.01. The summed E-state index contributed by atoms with van der Waals surface area (Å²) in [5.74, 6) is 0. The van der Waals surface area contributed by atoms with E-state index in [4.69, 9.17) is 5.73 Å². The number of aromatic nitrogens is 2. The zero-order chi connectivity index (χ0) is 7.14. The molecule has 1 aromatic heterocycles. The number of nitrogens with zero attached hydrogens (tertiary/aromatic N) is 2. The molecule has 0 aromatic carbocycles. The van der Waals surface area contributed by atoms with E-state index in [0.29, 0.717) is 0 Å². The second-order valence-corrected chi connectivity index (χ2v) is 2.86. The topological polar surface area (TPSA) is 43.8 Å². The SMILES string of the molecule is Cn1cc2c(n1)C(N)CC2. The van der Waals surface area contributed by atoms with Crippen LogP contribution in [-0.4, -0.2) is 9.78 Å². The minimum absolute atomic E-state index is 0.191. The van der Waals surface area contributed by atoms with Crippen molar-refractivity contribution >= 4 is 0 Å². The summed E-state index contributed by atoms with van der Waals surface area (Å²) in [4.78, 5) is 0. The average Bonchev–Trinajstić information content (AvgIpc) is 2.35. The average molecular weight is 137 g/mol. The molecule has 1 unspecified atom stereocenters. The van der Waals surface area contributed by atoms with Gasteiger partial charge in [0.1, 0.15) is 0 Å². The van der Waals surface area contributed by atoms with Crippen LogP contribution in [0.25, 0.3) is 0 Å². The Bertz CT molecular complexity index is 251. The maximum Gasteiger partial charge on any atom is 0.0823 e. The van der Waals surface area contributed by atoms with Crippen molar-refractivity contribution in [2.45, 2.75) is 18.9 Å². The predicted octanol–water partition coefficient (Wildman–Crippen LogP) is 0.366. The summed E-state index contributed by atoms with van der Waals surface area (Å²) in [6, 6.07) is 0.191. The predicted molar refractivity (Wildman–Crippen MR) is 38.5 cm³/mol. The van der Waals surface area contributed by atoms with Crippen molar-refractivity contribution in [3.8, 4) is 0 Å². The highest BCUT2D eigenvalue weighted by Crippen LogP contribution is 2.26. The van der Waals surface area contributed by atoms with Gasteiger partial charge in [-0.3, -0.25) is 4.68 Å². The highest BCUT2D eigenvalue weighted by Gasteiger charge is 2.21. The lowest BCUT2D eigenvalue weighted by Crippen LogP contribution is -2.07. The molecule has 0 saturated heterocycles. The van der Waals surface area contributed by atoms with E-state index in [0.717, 1.165) is 18.5 Å². The molecular weight excluding hydrogens is 126 g/mol. The van der Waals surface area contributed by atoms with Crippen molar-refractivity contribution < 1.29 is 0 Å². The quantitative estimate of drug-likeness (QED) is 0.561. The molecule has 1 aliphatic rings. The summed E-state index contributed by atoms with van der Waals surface area (Å²) >= 11 is 0. The fourth-order valence-corrected chi connectivity index (χ4v) is 1.51. The normalized spacial score (nSPS) is 23.2. The van der Waals surface area contributed by atoms with E-state index in [1.165, 1.54) is 5.56 Å². The van der Waals surface area contributed by atoms with Gasteiger partial charge in [-0.05, 0) is 18.4 Å². The van der Waals surface area contributed by atoms with Crippen LogP contribution in [0.2, 0.25) is 0 Å². The van der Waals surface area contributed by atoms with E-state index in [2.05, 4.69) is 11.3 Å². The lowest BCUT2D eigenvalue weighted by molar-refractivity contribution is 0.647. The third-order valence-electron chi connectivity index (χ3n) is 2.01. The van der Waals surface area contributed by atoms with Gasteiger partial charge in [0.25, 0.3) is 0 Å². The Morgan fingerprint density at radius 1 is 1.80 bits per heavy atom. The number of hydrogen-bond donors (Lipinski definition) is 1. The second kappa shape index (κ2) is 1.83. The van der Waals surface area contributed by atoms with E-state index < -0.39 is 0 Å². The van der Waals surface area contributed by atoms with E-state index in [9.17, 15) is 0 Å². The molecule has 0 saturated carbocycles. The van der Waals surface area contributed by atoms with Gasteiger partial charge in [0.2, 0.25) is 0 Å². The first kappa shape index (κ1) is 5.92. The standard InChI is InChI=1S/C7H11N3/c1-10-4-5-2-3-6(8)7(5)9-10/h4,6H,2-3,8H2,1H3. The number of nitrogens with two attached hydrogens (primary N) is 1. The summed E-state index contributed by atoms with van der Waals surface area (Å²) in [5.41, 5.74) is 8.21. The number of fused-ring (bicyclic) bond motifs is 1. The summed E-state index contributed by atoms with van der Waals surface area (Å²) in [5, 5.41) is 4.26. The lowest BCUT2D eigenvalue weighted by Gasteiger charge is -1.97. The first-order valence-electron chi connectivity index (χ1n) is 3.55. The van der Waals surface area contributed by atoms with Gasteiger partial charge in [-0.25, -0.2) is 0 Å². The first-order valence-corrected chi connectivity index (χ1v) is 3.55. The summed E-state index contributed by atoms with van der Waals surface area (Å²) in [7, 11) is 1.94. The smallest absolute Gasteiger partial charge is 0.0823 e. The molecule has 3 nitrogen and oxygen atoms in total. The van der Waals surface area contributed by atoms with Gasteiger partial charge in [0, 0.05) is 19.3 Å². The van der Waals surface area contributed by atoms with Gasteiger partial charge in [-0.1, -0.05) is 0 Å². The van der Waals surface area contributed by atoms with Gasteiger partial charge < -0.3 is 5.73 Å². The van der Waals surface area contributed by atoms with Crippen LogP contribution in [0.5, 0.6) is 0 Å². The van der Waals surface area contributed by atoms with Gasteiger partial charge in [0.05, 0.1) is 5.69 Å². The lowest BCUT2D eigenvalue weighted by atomic mass is 10.3. The molecule has 54 valence electrons. The molecule has 1 aliphatic carbocycles. The number of rotatable bonds is 0. The Kier molecular flexibility index (Phi) is 1.08. The molecule has 2 N–H and O–H groups in total. The number of aryl methyl sites for hydroxylation is 2. The fraction of sp³-hybridized carbons (Fsp3) is 0.571. The van der Waals surface area contributed by atoms with Gasteiger partial charge >= 0.3 is 0 Å². The van der Waals surface area contributed by atoms with Crippen LogP contribution in [0.15, 0.2) is 6.20 Å². The molecule has 1 atom stereocenters. The minimum atomic E-state index is 0.191. The van der Waals surface area contributed by atoms with Gasteiger partial charge in [-0.2, -0.15) is 5.10 Å². The van der Waals surface area contributed by atoms with Crippen LogP contribution in [0.3, 0.4) is 0 Å². The van der Waals surface area contributed by atoms with Crippen molar-refractivity contribution in [2.24, 2.45) is 12.8 Å². The molecule has 0 fully saturated rings. The van der Waals surface area contributed by atoms with E-state index in [-0.39, 0.29) is 6.04 Å². The molecule has 3 heteroatoms. The third kappa shape index (κ3) is 0.671. The van der Waals surface area contributed by atoms with Crippen LogP contribution in [0, 0.1) is 0 Å². The highest BCUT2D eigenvalue weighted by atomic mass is 15.3. The van der Waals surface area contributed by atoms with E-state index in [1.54, 1.807) is 0 Å². The van der Waals surface area contributed by atoms with Crippen molar-refractivity contribution in [2.75, 3.05) is 0 Å². The molecule has 0 amide bonds. The van der Waals surface area contributed by atoms with Crippen LogP contribution < -0.4 is 5.73 Å². The summed E-state index contributed by atoms with van der Waals surface area (Å²) in [6.45, 7) is 0. The molecule has 0 radical (unpaired) electrons. The summed E-state index contributed by atoms with van der Waals surface area (Å²) < 4.78 is 1.84. The van der Waals surface area contributed by atoms with Crippen molar-refractivity contribution in [3.63, 3.8) is 0 Å². The van der Waals surface area contributed by atoms with Crippen LogP contribution in [-0.2, 0) is 13.5 Å². The molecule has 1 aromatic rings. The van der Waals surface area contributed by atoms with Gasteiger partial charge in [0.15, 0.2) is 0 Å². The Balaban J connectivity index is 2.49. The zero-order valence-corrected chi connectivity index (χ0v) is 6.04. The van der Waals surface area contributed by atoms with Crippen molar-refractivity contribution in [3.05, 3.63) is 17.5 Å². The van der Waals surface area contributed by atoms with Crippen molar-refractivity contribution in [1.29, 1.82) is 0 Å². The molecule has 2 rings (SSSR count). The molecule has 10 heavy (non-hydrogen) atoms. The maximum absolute atomic E-state index is 5.78. The molecule has 0 aliphatic heterocycles. The molecule has 0 spiro atoms. The second-order valence-electron chi connectivity index (χ2n) is 2.86. The fourth-order valence-electron chi connectivity index (χ4n) is 1.51. The monoisotopic (exact) mass is 137 g/mol. The van der Waals surface area contributed by atoms with Gasteiger partial charge in [-0.15, -0.1) is 0 Å². The Hall–Kier alpha value is -0.830. The van der Waals surface area contributed by atoms with E-state index >= 15 is 0 Å². The highest BCUT2D eigenvalue weighted by molar-refractivity contribution is 5.25. The minimum Gasteiger partial charge on any atom is -0.323 e. The molecule has 0 bridgehead atoms. The molecular formula is C7H11N3. The zero-order valence-electron chi connectivity index (χ0n) is 6.04. The van der Waals surface area contributed by atoms with Crippen LogP contribution in [0.4, 0.5) is 0 Å². The van der Waals surface area contributed by atoms with E-state index in [1.807, 2.05) is 11.7 Å². The Morgan fingerprint density at radius 2 is 2.60 bits per heavy atom.